The predicted octanol–water partition coefficient (Wildman–Crippen LogP) is 2.14. The van der Waals surface area contributed by atoms with Crippen LogP contribution in [0.25, 0.3) is 10.9 Å². The van der Waals surface area contributed by atoms with E-state index in [9.17, 15) is 0 Å². The third kappa shape index (κ3) is 1.16. The van der Waals surface area contributed by atoms with Crippen LogP contribution in [0.3, 0.4) is 0 Å². The number of hydrogen-bond acceptors (Lipinski definition) is 1. The summed E-state index contributed by atoms with van der Waals surface area (Å²) in [5.74, 6) is 4.55. The molecule has 0 saturated carbocycles. The lowest BCUT2D eigenvalue weighted by atomic mass is 10.3. The molecular weight excluding hydrogens is 163 g/mol. The molecule has 0 N–H and O–H groups in total. The fourth-order valence-corrected chi connectivity index (χ4v) is 2.53. The molecule has 60 valence electrons. The minimum atomic E-state index is -0.825. The van der Waals surface area contributed by atoms with E-state index in [1.807, 2.05) is 6.20 Å². The maximum Gasteiger partial charge on any atom is 0.437 e. The normalized spacial score (nSPS) is 10.5. The van der Waals surface area contributed by atoms with Crippen molar-refractivity contribution >= 4 is 25.3 Å². The van der Waals surface area contributed by atoms with Gasteiger partial charge in [-0.2, -0.15) is 0 Å². The SMILES string of the molecule is [CH3][Al]([CH3])[n]1ncc2ccccc21. The van der Waals surface area contributed by atoms with Gasteiger partial charge >= 0.3 is 14.4 Å². The van der Waals surface area contributed by atoms with Crippen LogP contribution < -0.4 is 0 Å². The molecule has 1 heterocycles. The maximum atomic E-state index is 4.37. The van der Waals surface area contributed by atoms with Gasteiger partial charge in [0.25, 0.3) is 0 Å². The highest BCUT2D eigenvalue weighted by atomic mass is 27.2. The monoisotopic (exact) mass is 174 g/mol. The summed E-state index contributed by atoms with van der Waals surface area (Å²) in [5.41, 5.74) is 1.28. The third-order valence-corrected chi connectivity index (χ3v) is 3.38. The summed E-state index contributed by atoms with van der Waals surface area (Å²) in [7, 11) is 0. The summed E-state index contributed by atoms with van der Waals surface area (Å²) in [6.07, 6.45) is 1.95. The van der Waals surface area contributed by atoms with Gasteiger partial charge in [0.15, 0.2) is 0 Å². The Labute approximate surface area is 76.4 Å². The van der Waals surface area contributed by atoms with Crippen molar-refractivity contribution in [2.45, 2.75) is 11.6 Å². The van der Waals surface area contributed by atoms with Crippen LogP contribution in [0.15, 0.2) is 30.5 Å². The minimum absolute atomic E-state index is 0.825. The summed E-state index contributed by atoms with van der Waals surface area (Å²) >= 11 is -0.825. The Hall–Kier alpha value is -0.778. The van der Waals surface area contributed by atoms with Crippen LogP contribution in [0.2, 0.25) is 11.6 Å². The molecule has 0 unspecified atom stereocenters. The van der Waals surface area contributed by atoms with Crippen LogP contribution in [-0.2, 0) is 0 Å². The van der Waals surface area contributed by atoms with Crippen LogP contribution >= 0.6 is 0 Å². The first-order valence-electron chi connectivity index (χ1n) is 4.21. The van der Waals surface area contributed by atoms with Gasteiger partial charge in [-0.3, -0.25) is 0 Å². The summed E-state index contributed by atoms with van der Waals surface area (Å²) in [5, 5.41) is 5.62. The molecule has 0 radical (unpaired) electrons. The molecule has 2 rings (SSSR count). The third-order valence-electron chi connectivity index (χ3n) is 1.99. The average Bonchev–Trinajstić information content (AvgIpc) is 2.47. The number of rotatable bonds is 1. The Balaban J connectivity index is 2.70. The molecule has 0 fully saturated rings. The van der Waals surface area contributed by atoms with Gasteiger partial charge in [-0.15, -0.1) is 0 Å². The van der Waals surface area contributed by atoms with Gasteiger partial charge in [0.2, 0.25) is 0 Å². The molecule has 12 heavy (non-hydrogen) atoms. The molecule has 2 nitrogen and oxygen atoms in total. The number of nitrogens with zero attached hydrogens (tertiary/aromatic N) is 2. The molecule has 0 spiro atoms. The zero-order chi connectivity index (χ0) is 8.55. The Morgan fingerprint density at radius 1 is 1.25 bits per heavy atom. The number of aromatic nitrogens is 2. The van der Waals surface area contributed by atoms with Crippen molar-refractivity contribution in [3.05, 3.63) is 30.5 Å². The summed E-state index contributed by atoms with van der Waals surface area (Å²) in [6.45, 7) is 0. The van der Waals surface area contributed by atoms with E-state index in [-0.39, 0.29) is 0 Å². The van der Waals surface area contributed by atoms with E-state index < -0.39 is 14.4 Å². The highest BCUT2D eigenvalue weighted by Gasteiger charge is 2.10. The van der Waals surface area contributed by atoms with E-state index in [0.29, 0.717) is 0 Å². The van der Waals surface area contributed by atoms with E-state index in [2.05, 4.69) is 44.6 Å². The van der Waals surface area contributed by atoms with Crippen molar-refractivity contribution in [2.75, 3.05) is 0 Å². The molecule has 1 aromatic carbocycles. The molecule has 0 saturated heterocycles. The fourth-order valence-electron chi connectivity index (χ4n) is 1.40. The first kappa shape index (κ1) is 7.85. The lowest BCUT2D eigenvalue weighted by Crippen LogP contribution is -2.16. The highest BCUT2D eigenvalue weighted by Crippen LogP contribution is 2.12. The molecule has 3 heteroatoms. The summed E-state index contributed by atoms with van der Waals surface area (Å²) in [4.78, 5) is 0. The lowest BCUT2D eigenvalue weighted by molar-refractivity contribution is 0.989. The van der Waals surface area contributed by atoms with E-state index in [0.717, 1.165) is 0 Å². The zero-order valence-electron chi connectivity index (χ0n) is 7.36. The molecule has 0 aliphatic heterocycles. The molecule has 0 aliphatic carbocycles. The maximum absolute atomic E-state index is 4.37. The minimum Gasteiger partial charge on any atom is -0.358 e. The van der Waals surface area contributed by atoms with E-state index in [4.69, 9.17) is 0 Å². The number of fused-ring (bicyclic) bond motifs is 1. The Morgan fingerprint density at radius 3 is 2.75 bits per heavy atom. The van der Waals surface area contributed by atoms with Crippen molar-refractivity contribution < 1.29 is 0 Å². The van der Waals surface area contributed by atoms with E-state index in [1.54, 1.807) is 0 Å². The van der Waals surface area contributed by atoms with Crippen molar-refractivity contribution in [1.82, 2.24) is 8.76 Å². The smallest absolute Gasteiger partial charge is 0.358 e. The predicted molar refractivity (Wildman–Crippen MR) is 52.6 cm³/mol. The number of para-hydroxylation sites is 1. The van der Waals surface area contributed by atoms with Crippen LogP contribution in [-0.4, -0.2) is 23.1 Å². The second-order valence-electron chi connectivity index (χ2n) is 3.24. The molecule has 0 amide bonds. The van der Waals surface area contributed by atoms with Gasteiger partial charge in [-0.25, -0.2) is 5.10 Å². The molecule has 0 aliphatic rings. The van der Waals surface area contributed by atoms with Gasteiger partial charge in [0, 0.05) is 10.9 Å². The zero-order valence-corrected chi connectivity index (χ0v) is 8.51. The Bertz CT molecular complexity index is 392. The van der Waals surface area contributed by atoms with Gasteiger partial charge in [-0.05, 0) is 6.07 Å². The topological polar surface area (TPSA) is 17.8 Å². The van der Waals surface area contributed by atoms with Crippen LogP contribution in [0.4, 0.5) is 0 Å². The van der Waals surface area contributed by atoms with Gasteiger partial charge in [-0.1, -0.05) is 29.8 Å². The molecular formula is C9H11AlN2. The van der Waals surface area contributed by atoms with Crippen LogP contribution in [0.1, 0.15) is 0 Å². The fraction of sp³-hybridized carbons (Fsp3) is 0.222. The second kappa shape index (κ2) is 2.93. The quantitative estimate of drug-likeness (QED) is 0.605. The first-order chi connectivity index (χ1) is 5.79. The summed E-state index contributed by atoms with van der Waals surface area (Å²) < 4.78 is 2.18. The lowest BCUT2D eigenvalue weighted by Gasteiger charge is -2.01. The largest absolute Gasteiger partial charge is 0.437 e. The van der Waals surface area contributed by atoms with Crippen LogP contribution in [0.5, 0.6) is 0 Å². The number of hydrogen-bond donors (Lipinski definition) is 0. The highest BCUT2D eigenvalue weighted by molar-refractivity contribution is 6.54. The first-order valence-corrected chi connectivity index (χ1v) is 7.04. The van der Waals surface area contributed by atoms with Gasteiger partial charge < -0.3 is 3.67 Å². The van der Waals surface area contributed by atoms with Gasteiger partial charge in [0.05, 0.1) is 6.20 Å². The molecule has 0 atom stereocenters. The molecule has 0 bridgehead atoms. The van der Waals surface area contributed by atoms with Crippen molar-refractivity contribution in [3.63, 3.8) is 0 Å². The standard InChI is InChI=1S/C7H5N2.2CH3.Al/c1-2-4-7-6(3-1)5-8-9-7;;;/h1-5H;2*1H3;/q-1;;;+1. The Morgan fingerprint density at radius 2 is 2.00 bits per heavy atom. The summed E-state index contributed by atoms with van der Waals surface area (Å²) in [6, 6.07) is 8.36. The van der Waals surface area contributed by atoms with Crippen molar-refractivity contribution in [3.8, 4) is 0 Å². The van der Waals surface area contributed by atoms with Gasteiger partial charge in [0.1, 0.15) is 0 Å². The molecule has 2 aromatic rings. The average molecular weight is 174 g/mol. The molecule has 1 aromatic heterocycles. The van der Waals surface area contributed by atoms with E-state index >= 15 is 0 Å². The van der Waals surface area contributed by atoms with Crippen molar-refractivity contribution in [2.24, 2.45) is 0 Å². The Kier molecular flexibility index (Phi) is 1.92. The second-order valence-corrected chi connectivity index (χ2v) is 5.92. The van der Waals surface area contributed by atoms with Crippen molar-refractivity contribution in [1.29, 1.82) is 0 Å². The number of benzene rings is 1. The van der Waals surface area contributed by atoms with E-state index in [1.165, 1.54) is 10.9 Å². The van der Waals surface area contributed by atoms with Crippen LogP contribution in [0, 0.1) is 0 Å².